The lowest BCUT2D eigenvalue weighted by molar-refractivity contribution is 0.0491. The fraction of sp³-hybridized carbons (Fsp3) is 0.615. The summed E-state index contributed by atoms with van der Waals surface area (Å²) < 4.78 is 10.9. The van der Waals surface area contributed by atoms with E-state index < -0.39 is 0 Å². The van der Waals surface area contributed by atoms with Gasteiger partial charge in [0.05, 0.1) is 13.7 Å². The normalized spacial score (nSPS) is 21.1. The number of H-pyrrole nitrogens is 1. The molecule has 2 aliphatic rings. The third-order valence-electron chi connectivity index (χ3n) is 6.70. The summed E-state index contributed by atoms with van der Waals surface area (Å²) in [5.74, 6) is 2.74. The number of aromatic nitrogens is 4. The van der Waals surface area contributed by atoms with Crippen LogP contribution < -0.4 is 10.2 Å². The third kappa shape index (κ3) is 6.09. The summed E-state index contributed by atoms with van der Waals surface area (Å²) in [5, 5.41) is 10.5. The number of nitrogens with one attached hydrogen (secondary N) is 2. The van der Waals surface area contributed by atoms with Crippen molar-refractivity contribution in [2.24, 2.45) is 0 Å². The molecule has 10 nitrogen and oxygen atoms in total. The van der Waals surface area contributed by atoms with Crippen molar-refractivity contribution in [2.45, 2.75) is 84.8 Å². The fourth-order valence-electron chi connectivity index (χ4n) is 4.85. The summed E-state index contributed by atoms with van der Waals surface area (Å²) in [6.45, 7) is 10.8. The monoisotopic (exact) mass is 499 g/mol. The van der Waals surface area contributed by atoms with Crippen LogP contribution in [0, 0.1) is 6.92 Å². The molecule has 36 heavy (non-hydrogen) atoms. The fourth-order valence-corrected chi connectivity index (χ4v) is 4.85. The lowest BCUT2D eigenvalue weighted by Crippen LogP contribution is -2.56. The summed E-state index contributed by atoms with van der Waals surface area (Å²) in [6.07, 6.45) is 6.06. The molecule has 2 aromatic rings. The Kier molecular flexibility index (Phi) is 9.55. The molecule has 2 aromatic heterocycles. The van der Waals surface area contributed by atoms with Crippen molar-refractivity contribution in [1.82, 2.24) is 25.1 Å². The number of aromatic amines is 1. The van der Waals surface area contributed by atoms with Gasteiger partial charge in [-0.2, -0.15) is 10.1 Å². The van der Waals surface area contributed by atoms with Crippen molar-refractivity contribution in [3.8, 4) is 0 Å². The van der Waals surface area contributed by atoms with Gasteiger partial charge in [-0.3, -0.25) is 5.10 Å². The molecule has 2 N–H and O–H groups in total. The Balaban J connectivity index is 0.00000176. The molecule has 1 saturated heterocycles. The highest BCUT2D eigenvalue weighted by Crippen LogP contribution is 2.33. The number of piperidine rings is 1. The molecule has 2 aliphatic heterocycles. The number of carbonyl (C=O) groups is 1. The van der Waals surface area contributed by atoms with E-state index in [0.717, 1.165) is 49.3 Å². The number of ether oxygens (including phenoxy) is 2. The molecule has 0 aliphatic carbocycles. The largest absolute Gasteiger partial charge is 0.491 e. The highest BCUT2D eigenvalue weighted by Gasteiger charge is 2.39. The van der Waals surface area contributed by atoms with E-state index in [-0.39, 0.29) is 24.2 Å². The number of hydrogen-bond donors (Lipinski definition) is 2. The molecule has 2 unspecified atom stereocenters. The molecular formula is C26H41N7O3. The maximum Gasteiger partial charge on any atom is 0.409 e. The van der Waals surface area contributed by atoms with Crippen LogP contribution in [0.1, 0.15) is 71.2 Å². The van der Waals surface area contributed by atoms with Crippen LogP contribution in [0.4, 0.5) is 22.4 Å². The molecule has 4 heterocycles. The van der Waals surface area contributed by atoms with Gasteiger partial charge < -0.3 is 24.6 Å². The molecule has 2 atom stereocenters. The van der Waals surface area contributed by atoms with Crippen molar-refractivity contribution in [3.05, 3.63) is 29.6 Å². The predicted molar refractivity (Wildman–Crippen MR) is 142 cm³/mol. The van der Waals surface area contributed by atoms with Gasteiger partial charge in [0.1, 0.15) is 17.3 Å². The maximum atomic E-state index is 12.5. The first-order chi connectivity index (χ1) is 17.4. The average molecular weight is 500 g/mol. The summed E-state index contributed by atoms with van der Waals surface area (Å²) in [7, 11) is 3.48. The maximum absolute atomic E-state index is 12.5. The van der Waals surface area contributed by atoms with Crippen LogP contribution in [0.3, 0.4) is 0 Å². The Morgan fingerprint density at radius 1 is 1.19 bits per heavy atom. The average Bonchev–Trinajstić information content (AvgIpc) is 3.60. The number of hydrogen-bond acceptors (Lipinski definition) is 8. The van der Waals surface area contributed by atoms with Crippen molar-refractivity contribution in [2.75, 3.05) is 31.0 Å². The number of aryl methyl sites for hydroxylation is 1. The van der Waals surface area contributed by atoms with Gasteiger partial charge in [-0.15, -0.1) is 0 Å². The minimum atomic E-state index is -0.246. The summed E-state index contributed by atoms with van der Waals surface area (Å²) in [5.41, 5.74) is 1.71. The molecule has 0 saturated carbocycles. The molecule has 0 spiro atoms. The first-order valence-corrected chi connectivity index (χ1v) is 13.0. The summed E-state index contributed by atoms with van der Waals surface area (Å²) >= 11 is 0. The van der Waals surface area contributed by atoms with Crippen LogP contribution in [0.5, 0.6) is 0 Å². The molecule has 0 bridgehead atoms. The molecule has 4 rings (SSSR count). The van der Waals surface area contributed by atoms with Gasteiger partial charge in [-0.25, -0.2) is 9.78 Å². The van der Waals surface area contributed by atoms with E-state index in [2.05, 4.69) is 40.3 Å². The highest BCUT2D eigenvalue weighted by molar-refractivity contribution is 5.69. The number of methoxy groups -OCH3 is 1. The second-order valence-corrected chi connectivity index (χ2v) is 8.94. The Morgan fingerprint density at radius 3 is 2.42 bits per heavy atom. The van der Waals surface area contributed by atoms with Gasteiger partial charge in [0.15, 0.2) is 5.82 Å². The van der Waals surface area contributed by atoms with E-state index >= 15 is 0 Å². The van der Waals surface area contributed by atoms with Gasteiger partial charge in [0.25, 0.3) is 0 Å². The topological polar surface area (TPSA) is 109 Å². The van der Waals surface area contributed by atoms with Crippen LogP contribution >= 0.6 is 0 Å². The first kappa shape index (κ1) is 27.3. The zero-order valence-corrected chi connectivity index (χ0v) is 22.7. The smallest absolute Gasteiger partial charge is 0.409 e. The van der Waals surface area contributed by atoms with Gasteiger partial charge in [-0.1, -0.05) is 27.7 Å². The van der Waals surface area contributed by atoms with Gasteiger partial charge in [0, 0.05) is 49.4 Å². The molecular weight excluding hydrogens is 458 g/mol. The van der Waals surface area contributed by atoms with E-state index in [1.54, 1.807) is 0 Å². The molecule has 1 fully saturated rings. The standard InChI is InChI=1S/C24H35N7O3.C2H6/c1-6-16-12-18(13-17(7-2)31(16)24(32)33-5)30(4)23-25-19(20-9-8-10-34-20)14-21(27-23)26-22-11-15(3)28-29-22;1-2/h9,11,14,16-18H,6-8,10,12-13H2,1-5H3,(H2,25,26,27,28,29);1-2H3. The zero-order valence-electron chi connectivity index (χ0n) is 22.7. The van der Waals surface area contributed by atoms with E-state index in [1.807, 2.05) is 44.9 Å². The minimum absolute atomic E-state index is 0.104. The van der Waals surface area contributed by atoms with Crippen LogP contribution in [-0.2, 0) is 9.47 Å². The lowest BCUT2D eigenvalue weighted by atomic mass is 9.88. The number of nitrogens with zero attached hydrogens (tertiary/aromatic N) is 5. The lowest BCUT2D eigenvalue weighted by Gasteiger charge is -2.46. The Hall–Kier alpha value is -3.30. The number of amides is 1. The number of carbonyl (C=O) groups excluding carboxylic acids is 1. The molecule has 198 valence electrons. The quantitative estimate of drug-likeness (QED) is 0.531. The van der Waals surface area contributed by atoms with Crippen molar-refractivity contribution in [3.63, 3.8) is 0 Å². The van der Waals surface area contributed by atoms with E-state index in [9.17, 15) is 4.79 Å². The van der Waals surface area contributed by atoms with E-state index in [4.69, 9.17) is 19.4 Å². The van der Waals surface area contributed by atoms with Crippen molar-refractivity contribution >= 4 is 29.4 Å². The summed E-state index contributed by atoms with van der Waals surface area (Å²) in [6, 6.07) is 4.21. The van der Waals surface area contributed by atoms with E-state index in [0.29, 0.717) is 24.2 Å². The molecule has 0 radical (unpaired) electrons. The van der Waals surface area contributed by atoms with Crippen molar-refractivity contribution in [1.29, 1.82) is 0 Å². The van der Waals surface area contributed by atoms with Crippen LogP contribution in [0.25, 0.3) is 5.76 Å². The second-order valence-electron chi connectivity index (χ2n) is 8.94. The number of anilines is 3. The highest BCUT2D eigenvalue weighted by atomic mass is 16.5. The predicted octanol–water partition coefficient (Wildman–Crippen LogP) is 5.26. The van der Waals surface area contributed by atoms with Crippen LogP contribution in [0.15, 0.2) is 18.2 Å². The Labute approximate surface area is 214 Å². The van der Waals surface area contributed by atoms with Gasteiger partial charge in [0.2, 0.25) is 5.95 Å². The Bertz CT molecular complexity index is 1020. The zero-order chi connectivity index (χ0) is 26.2. The van der Waals surface area contributed by atoms with Crippen LogP contribution in [-0.4, -0.2) is 70.0 Å². The van der Waals surface area contributed by atoms with Gasteiger partial charge >= 0.3 is 6.09 Å². The van der Waals surface area contributed by atoms with E-state index in [1.165, 1.54) is 7.11 Å². The third-order valence-corrected chi connectivity index (χ3v) is 6.70. The number of rotatable bonds is 7. The van der Waals surface area contributed by atoms with Gasteiger partial charge in [-0.05, 0) is 38.7 Å². The second kappa shape index (κ2) is 12.6. The van der Waals surface area contributed by atoms with Crippen molar-refractivity contribution < 1.29 is 14.3 Å². The molecule has 1 amide bonds. The molecule has 0 aromatic carbocycles. The van der Waals surface area contributed by atoms with Crippen LogP contribution in [0.2, 0.25) is 0 Å². The number of likely N-dealkylation sites (tertiary alicyclic amines) is 1. The molecule has 10 heteroatoms. The summed E-state index contributed by atoms with van der Waals surface area (Å²) in [4.78, 5) is 26.2. The first-order valence-electron chi connectivity index (χ1n) is 13.0. The Morgan fingerprint density at radius 2 is 1.89 bits per heavy atom. The SMILES string of the molecule is CC.CCC1CC(N(C)c2nc(Nc3cc(C)[nH]n3)cc(C3=CCCO3)n2)CC(CC)N1C(=O)OC. The minimum Gasteiger partial charge on any atom is -0.491 e.